The van der Waals surface area contributed by atoms with Crippen molar-refractivity contribution in [1.29, 1.82) is 5.26 Å². The van der Waals surface area contributed by atoms with Crippen LogP contribution in [-0.2, 0) is 6.54 Å². The Hall–Kier alpha value is -1.86. The summed E-state index contributed by atoms with van der Waals surface area (Å²) in [6.07, 6.45) is 1.66. The molecule has 2 rings (SSSR count). The number of nitrogens with zero attached hydrogens (tertiary/aromatic N) is 3. The van der Waals surface area contributed by atoms with Crippen LogP contribution in [0.3, 0.4) is 0 Å². The van der Waals surface area contributed by atoms with Gasteiger partial charge in [0.1, 0.15) is 11.8 Å². The van der Waals surface area contributed by atoms with E-state index >= 15 is 0 Å². The zero-order valence-corrected chi connectivity index (χ0v) is 11.6. The Balaban J connectivity index is 2.14. The minimum Gasteiger partial charge on any atom is -0.370 e. The van der Waals surface area contributed by atoms with Gasteiger partial charge in [-0.3, -0.25) is 0 Å². The molecule has 0 radical (unpaired) electrons. The number of rotatable bonds is 3. The van der Waals surface area contributed by atoms with Gasteiger partial charge in [-0.15, -0.1) is 0 Å². The molecule has 2 aromatic rings. The van der Waals surface area contributed by atoms with Crippen molar-refractivity contribution < 1.29 is 0 Å². The fraction of sp³-hybridized carbons (Fsp3) is 0.143. The fourth-order valence-corrected chi connectivity index (χ4v) is 1.94. The van der Waals surface area contributed by atoms with Crippen molar-refractivity contribution in [2.24, 2.45) is 0 Å². The molecule has 1 heterocycles. The van der Waals surface area contributed by atoms with Crippen molar-refractivity contribution in [3.05, 3.63) is 58.3 Å². The number of anilines is 1. The van der Waals surface area contributed by atoms with Gasteiger partial charge < -0.3 is 4.90 Å². The van der Waals surface area contributed by atoms with E-state index in [1.165, 1.54) is 5.56 Å². The second-order valence-corrected chi connectivity index (χ2v) is 4.91. The van der Waals surface area contributed by atoms with Gasteiger partial charge >= 0.3 is 0 Å². The van der Waals surface area contributed by atoms with E-state index in [2.05, 4.69) is 37.9 Å². The Labute approximate surface area is 115 Å². The van der Waals surface area contributed by atoms with E-state index in [0.29, 0.717) is 5.69 Å². The van der Waals surface area contributed by atoms with Crippen LogP contribution in [0.4, 0.5) is 5.69 Å². The molecular formula is C14H12BrN3. The molecule has 0 aliphatic carbocycles. The maximum Gasteiger partial charge on any atom is 0.142 e. The molecule has 0 fully saturated rings. The molecule has 1 aromatic heterocycles. The molecule has 3 nitrogen and oxygen atoms in total. The molecule has 90 valence electrons. The first kappa shape index (κ1) is 12.6. The Kier molecular flexibility index (Phi) is 3.96. The molecule has 0 saturated carbocycles. The quantitative estimate of drug-likeness (QED) is 0.873. The van der Waals surface area contributed by atoms with E-state index in [0.717, 1.165) is 16.7 Å². The summed E-state index contributed by atoms with van der Waals surface area (Å²) in [4.78, 5) is 6.05. The number of hydrogen-bond acceptors (Lipinski definition) is 3. The van der Waals surface area contributed by atoms with Crippen molar-refractivity contribution in [1.82, 2.24) is 4.98 Å². The molecule has 1 aromatic carbocycles. The molecule has 0 N–H and O–H groups in total. The van der Waals surface area contributed by atoms with Gasteiger partial charge in [0, 0.05) is 29.9 Å². The number of aromatic nitrogens is 1. The molecule has 18 heavy (non-hydrogen) atoms. The average molecular weight is 302 g/mol. The number of nitriles is 1. The number of hydrogen-bond donors (Lipinski definition) is 0. The molecule has 4 heteroatoms. The average Bonchev–Trinajstić information content (AvgIpc) is 2.41. The third-order valence-corrected chi connectivity index (χ3v) is 3.16. The Morgan fingerprint density at radius 3 is 2.67 bits per heavy atom. The van der Waals surface area contributed by atoms with E-state index in [1.807, 2.05) is 31.3 Å². The predicted octanol–water partition coefficient (Wildman–Crippen LogP) is 3.35. The van der Waals surface area contributed by atoms with E-state index in [4.69, 9.17) is 5.26 Å². The predicted molar refractivity (Wildman–Crippen MR) is 75.2 cm³/mol. The summed E-state index contributed by atoms with van der Waals surface area (Å²) in [6.45, 7) is 0.794. The van der Waals surface area contributed by atoms with Gasteiger partial charge in [0.15, 0.2) is 0 Å². The van der Waals surface area contributed by atoms with E-state index in [9.17, 15) is 0 Å². The summed E-state index contributed by atoms with van der Waals surface area (Å²) in [7, 11) is 2.00. The standard InChI is InChI=1S/C14H12BrN3/c1-18(10-11-2-4-12(15)5-3-11)14-6-7-17-13(8-14)9-16/h2-8H,10H2,1H3. The lowest BCUT2D eigenvalue weighted by Crippen LogP contribution is -2.16. The molecule has 0 amide bonds. The molecule has 0 aliphatic heterocycles. The highest BCUT2D eigenvalue weighted by molar-refractivity contribution is 9.10. The third-order valence-electron chi connectivity index (χ3n) is 2.63. The summed E-state index contributed by atoms with van der Waals surface area (Å²) >= 11 is 3.42. The van der Waals surface area contributed by atoms with Gasteiger partial charge in [-0.05, 0) is 29.8 Å². The minimum atomic E-state index is 0.440. The molecule has 0 aliphatic rings. The molecular weight excluding hydrogens is 290 g/mol. The number of pyridine rings is 1. The number of halogens is 1. The van der Waals surface area contributed by atoms with Crippen LogP contribution in [0.15, 0.2) is 47.1 Å². The highest BCUT2D eigenvalue weighted by Crippen LogP contribution is 2.17. The van der Waals surface area contributed by atoms with Gasteiger partial charge in [0.05, 0.1) is 0 Å². The summed E-state index contributed by atoms with van der Waals surface area (Å²) in [5, 5.41) is 8.83. The lowest BCUT2D eigenvalue weighted by Gasteiger charge is -2.19. The molecule has 0 unspecified atom stereocenters. The fourth-order valence-electron chi connectivity index (χ4n) is 1.67. The van der Waals surface area contributed by atoms with Crippen molar-refractivity contribution in [3.63, 3.8) is 0 Å². The van der Waals surface area contributed by atoms with Gasteiger partial charge in [-0.2, -0.15) is 5.26 Å². The molecule has 0 spiro atoms. The molecule has 0 saturated heterocycles. The van der Waals surface area contributed by atoms with Gasteiger partial charge in [-0.25, -0.2) is 4.98 Å². The highest BCUT2D eigenvalue weighted by Gasteiger charge is 2.03. The van der Waals surface area contributed by atoms with Gasteiger partial charge in [0.25, 0.3) is 0 Å². The lowest BCUT2D eigenvalue weighted by molar-refractivity contribution is 0.919. The van der Waals surface area contributed by atoms with Crippen molar-refractivity contribution in [2.75, 3.05) is 11.9 Å². The van der Waals surface area contributed by atoms with E-state index < -0.39 is 0 Å². The lowest BCUT2D eigenvalue weighted by atomic mass is 10.2. The zero-order chi connectivity index (χ0) is 13.0. The van der Waals surface area contributed by atoms with Crippen molar-refractivity contribution in [2.45, 2.75) is 6.54 Å². The van der Waals surface area contributed by atoms with Crippen LogP contribution >= 0.6 is 15.9 Å². The van der Waals surface area contributed by atoms with Crippen LogP contribution in [0.25, 0.3) is 0 Å². The summed E-state index contributed by atoms with van der Waals surface area (Å²) < 4.78 is 1.07. The maximum atomic E-state index is 8.83. The van der Waals surface area contributed by atoms with Gasteiger partial charge in [0.2, 0.25) is 0 Å². The highest BCUT2D eigenvalue weighted by atomic mass is 79.9. The normalized spacial score (nSPS) is 9.83. The zero-order valence-electron chi connectivity index (χ0n) is 9.97. The van der Waals surface area contributed by atoms with Gasteiger partial charge in [-0.1, -0.05) is 28.1 Å². The van der Waals surface area contributed by atoms with Crippen LogP contribution in [-0.4, -0.2) is 12.0 Å². The topological polar surface area (TPSA) is 39.9 Å². The smallest absolute Gasteiger partial charge is 0.142 e. The second-order valence-electron chi connectivity index (χ2n) is 3.99. The van der Waals surface area contributed by atoms with Crippen LogP contribution in [0.1, 0.15) is 11.3 Å². The van der Waals surface area contributed by atoms with Crippen LogP contribution in [0.5, 0.6) is 0 Å². The minimum absolute atomic E-state index is 0.440. The third kappa shape index (κ3) is 3.08. The number of benzene rings is 1. The van der Waals surface area contributed by atoms with Crippen LogP contribution in [0, 0.1) is 11.3 Å². The van der Waals surface area contributed by atoms with Crippen molar-refractivity contribution in [3.8, 4) is 6.07 Å². The van der Waals surface area contributed by atoms with Crippen LogP contribution in [0.2, 0.25) is 0 Å². The first-order chi connectivity index (χ1) is 8.69. The largest absolute Gasteiger partial charge is 0.370 e. The van der Waals surface area contributed by atoms with E-state index in [-0.39, 0.29) is 0 Å². The second kappa shape index (κ2) is 5.65. The van der Waals surface area contributed by atoms with Crippen molar-refractivity contribution >= 4 is 21.6 Å². The first-order valence-electron chi connectivity index (χ1n) is 5.51. The van der Waals surface area contributed by atoms with Crippen LogP contribution < -0.4 is 4.90 Å². The Bertz CT molecular complexity index is 572. The molecule has 0 atom stereocenters. The molecule has 0 bridgehead atoms. The van der Waals surface area contributed by atoms with E-state index in [1.54, 1.807) is 12.3 Å². The Morgan fingerprint density at radius 1 is 1.28 bits per heavy atom. The Morgan fingerprint density at radius 2 is 2.00 bits per heavy atom. The summed E-state index contributed by atoms with van der Waals surface area (Å²) in [5.41, 5.74) is 2.65. The maximum absolute atomic E-state index is 8.83. The summed E-state index contributed by atoms with van der Waals surface area (Å²) in [6, 6.07) is 13.9. The SMILES string of the molecule is CN(Cc1ccc(Br)cc1)c1ccnc(C#N)c1. The monoisotopic (exact) mass is 301 g/mol. The first-order valence-corrected chi connectivity index (χ1v) is 6.30. The summed E-state index contributed by atoms with van der Waals surface area (Å²) in [5.74, 6) is 0.